The number of benzene rings is 3. The third-order valence-corrected chi connectivity index (χ3v) is 6.86. The first-order chi connectivity index (χ1) is 15.9. The Labute approximate surface area is 191 Å². The fourth-order valence-electron chi connectivity index (χ4n) is 3.56. The van der Waals surface area contributed by atoms with E-state index < -0.39 is 28.0 Å². The number of methoxy groups -OCH3 is 1. The van der Waals surface area contributed by atoms with E-state index in [4.69, 9.17) is 9.47 Å². The van der Waals surface area contributed by atoms with Crippen molar-refractivity contribution in [2.24, 2.45) is 0 Å². The Morgan fingerprint density at radius 2 is 1.67 bits per heavy atom. The Bertz CT molecular complexity index is 1280. The Morgan fingerprint density at radius 3 is 2.42 bits per heavy atom. The van der Waals surface area contributed by atoms with Crippen molar-refractivity contribution in [2.45, 2.75) is 11.9 Å². The maximum atomic E-state index is 13.3. The molecule has 33 heavy (non-hydrogen) atoms. The lowest BCUT2D eigenvalue weighted by molar-refractivity contribution is -0.122. The average molecular weight is 467 g/mol. The number of nitrogens with zero attached hydrogens (tertiary/aromatic N) is 1. The van der Waals surface area contributed by atoms with Gasteiger partial charge in [-0.25, -0.2) is 13.2 Å². The first kappa shape index (κ1) is 22.3. The Hall–Kier alpha value is -3.85. The molecule has 0 aliphatic carbocycles. The van der Waals surface area contributed by atoms with E-state index in [1.807, 2.05) is 6.07 Å². The largest absolute Gasteiger partial charge is 0.476 e. The first-order valence-electron chi connectivity index (χ1n) is 10.2. The standard InChI is InChI=1S/C24H22N2O6S/c1-31-24(28)18-11-5-6-12-19(18)25-23(27)22-15-26(20-13-7-8-14-21(20)32-22)33(29,30)16-17-9-3-2-4-10-17/h2-14,22H,15-16H2,1H3,(H,25,27)/t22-/m0/s1. The molecule has 0 unspecified atom stereocenters. The minimum absolute atomic E-state index is 0.179. The maximum absolute atomic E-state index is 13.3. The van der Waals surface area contributed by atoms with Gasteiger partial charge >= 0.3 is 5.97 Å². The van der Waals surface area contributed by atoms with Gasteiger partial charge in [-0.05, 0) is 29.8 Å². The molecule has 0 saturated heterocycles. The number of carbonyl (C=O) groups excluding carboxylic acids is 2. The van der Waals surface area contributed by atoms with Gasteiger partial charge < -0.3 is 14.8 Å². The van der Waals surface area contributed by atoms with Gasteiger partial charge in [0.2, 0.25) is 10.0 Å². The highest BCUT2D eigenvalue weighted by molar-refractivity contribution is 7.92. The number of esters is 1. The molecular formula is C24H22N2O6S. The van der Waals surface area contributed by atoms with Gasteiger partial charge in [0, 0.05) is 0 Å². The van der Waals surface area contributed by atoms with Crippen molar-refractivity contribution in [1.82, 2.24) is 0 Å². The van der Waals surface area contributed by atoms with Crippen LogP contribution in [-0.4, -0.2) is 40.1 Å². The zero-order valence-corrected chi connectivity index (χ0v) is 18.6. The van der Waals surface area contributed by atoms with E-state index in [0.29, 0.717) is 11.3 Å². The van der Waals surface area contributed by atoms with Crippen LogP contribution in [-0.2, 0) is 25.3 Å². The second-order valence-corrected chi connectivity index (χ2v) is 9.27. The second-order valence-electron chi connectivity index (χ2n) is 7.37. The van der Waals surface area contributed by atoms with Crippen LogP contribution in [0.1, 0.15) is 15.9 Å². The van der Waals surface area contributed by atoms with Crippen LogP contribution in [0.2, 0.25) is 0 Å². The van der Waals surface area contributed by atoms with Gasteiger partial charge in [-0.1, -0.05) is 54.6 Å². The first-order valence-corrected chi connectivity index (χ1v) is 11.8. The SMILES string of the molecule is COC(=O)c1ccccc1NC(=O)[C@@H]1CN(S(=O)(=O)Cc2ccccc2)c2ccccc2O1. The number of hydrogen-bond acceptors (Lipinski definition) is 6. The molecule has 0 saturated carbocycles. The molecule has 0 spiro atoms. The number of sulfonamides is 1. The van der Waals surface area contributed by atoms with Crippen molar-refractivity contribution >= 4 is 33.3 Å². The van der Waals surface area contributed by atoms with E-state index in [1.54, 1.807) is 66.7 Å². The summed E-state index contributed by atoms with van der Waals surface area (Å²) in [5, 5.41) is 2.66. The van der Waals surface area contributed by atoms with Crippen LogP contribution >= 0.6 is 0 Å². The molecule has 0 fully saturated rings. The normalized spacial score (nSPS) is 15.2. The second kappa shape index (κ2) is 9.33. The highest BCUT2D eigenvalue weighted by Gasteiger charge is 2.37. The highest BCUT2D eigenvalue weighted by Crippen LogP contribution is 2.36. The van der Waals surface area contributed by atoms with Crippen molar-refractivity contribution in [1.29, 1.82) is 0 Å². The third-order valence-electron chi connectivity index (χ3n) is 5.15. The number of nitrogens with one attached hydrogen (secondary N) is 1. The molecule has 4 rings (SSSR count). The minimum atomic E-state index is -3.82. The van der Waals surface area contributed by atoms with E-state index in [1.165, 1.54) is 17.5 Å². The number of ether oxygens (including phenoxy) is 2. The molecule has 1 amide bonds. The van der Waals surface area contributed by atoms with E-state index in [0.717, 1.165) is 0 Å². The summed E-state index contributed by atoms with van der Waals surface area (Å²) in [7, 11) is -2.57. The van der Waals surface area contributed by atoms with Crippen LogP contribution in [0.15, 0.2) is 78.9 Å². The van der Waals surface area contributed by atoms with E-state index in [9.17, 15) is 18.0 Å². The lowest BCUT2D eigenvalue weighted by Crippen LogP contribution is -2.49. The number of fused-ring (bicyclic) bond motifs is 1. The lowest BCUT2D eigenvalue weighted by Gasteiger charge is -2.34. The van der Waals surface area contributed by atoms with Gasteiger partial charge in [0.15, 0.2) is 6.10 Å². The molecule has 170 valence electrons. The third kappa shape index (κ3) is 4.83. The molecule has 1 heterocycles. The molecule has 1 atom stereocenters. The molecule has 1 aliphatic heterocycles. The molecule has 0 radical (unpaired) electrons. The molecular weight excluding hydrogens is 444 g/mol. The summed E-state index contributed by atoms with van der Waals surface area (Å²) >= 11 is 0. The monoisotopic (exact) mass is 466 g/mol. The van der Waals surface area contributed by atoms with Crippen LogP contribution in [0.4, 0.5) is 11.4 Å². The zero-order valence-electron chi connectivity index (χ0n) is 17.8. The number of para-hydroxylation sites is 3. The van der Waals surface area contributed by atoms with Crippen molar-refractivity contribution in [3.63, 3.8) is 0 Å². The molecule has 8 nitrogen and oxygen atoms in total. The van der Waals surface area contributed by atoms with Gasteiger partial charge in [0.05, 0.1) is 36.3 Å². The van der Waals surface area contributed by atoms with E-state index in [-0.39, 0.29) is 29.3 Å². The van der Waals surface area contributed by atoms with Crippen LogP contribution in [0, 0.1) is 0 Å². The number of amides is 1. The van der Waals surface area contributed by atoms with E-state index >= 15 is 0 Å². The van der Waals surface area contributed by atoms with Crippen molar-refractivity contribution in [2.75, 3.05) is 23.3 Å². The van der Waals surface area contributed by atoms with Crippen LogP contribution < -0.4 is 14.4 Å². The predicted molar refractivity (Wildman–Crippen MR) is 124 cm³/mol. The van der Waals surface area contributed by atoms with Gasteiger partial charge in [0.25, 0.3) is 5.91 Å². The van der Waals surface area contributed by atoms with Crippen LogP contribution in [0.25, 0.3) is 0 Å². The molecule has 3 aromatic rings. The molecule has 3 aromatic carbocycles. The maximum Gasteiger partial charge on any atom is 0.339 e. The smallest absolute Gasteiger partial charge is 0.339 e. The number of carbonyl (C=O) groups is 2. The number of hydrogen-bond donors (Lipinski definition) is 1. The van der Waals surface area contributed by atoms with Crippen molar-refractivity contribution < 1.29 is 27.5 Å². The summed E-state index contributed by atoms with van der Waals surface area (Å²) in [5.41, 5.74) is 1.43. The summed E-state index contributed by atoms with van der Waals surface area (Å²) in [5.74, 6) is -1.13. The van der Waals surface area contributed by atoms with Crippen molar-refractivity contribution in [3.8, 4) is 5.75 Å². The Balaban J connectivity index is 1.62. The van der Waals surface area contributed by atoms with Gasteiger partial charge in [0.1, 0.15) is 5.75 Å². The van der Waals surface area contributed by atoms with Crippen molar-refractivity contribution in [3.05, 3.63) is 90.0 Å². The molecule has 1 N–H and O–H groups in total. The minimum Gasteiger partial charge on any atom is -0.476 e. The van der Waals surface area contributed by atoms with Gasteiger partial charge in [-0.15, -0.1) is 0 Å². The van der Waals surface area contributed by atoms with Crippen LogP contribution in [0.5, 0.6) is 5.75 Å². The topological polar surface area (TPSA) is 102 Å². The molecule has 0 bridgehead atoms. The predicted octanol–water partition coefficient (Wildman–Crippen LogP) is 3.21. The summed E-state index contributed by atoms with van der Waals surface area (Å²) in [6.07, 6.45) is -1.13. The fourth-order valence-corrected chi connectivity index (χ4v) is 5.14. The summed E-state index contributed by atoms with van der Waals surface area (Å²) in [4.78, 5) is 25.1. The quantitative estimate of drug-likeness (QED) is 0.560. The molecule has 0 aromatic heterocycles. The molecule has 9 heteroatoms. The summed E-state index contributed by atoms with van der Waals surface area (Å²) in [6.45, 7) is -0.210. The lowest BCUT2D eigenvalue weighted by atomic mass is 10.1. The Kier molecular flexibility index (Phi) is 6.32. The number of anilines is 2. The highest BCUT2D eigenvalue weighted by atomic mass is 32.2. The van der Waals surface area contributed by atoms with Crippen LogP contribution in [0.3, 0.4) is 0 Å². The fraction of sp³-hybridized carbons (Fsp3) is 0.167. The number of rotatable bonds is 6. The van der Waals surface area contributed by atoms with Gasteiger partial charge in [-0.3, -0.25) is 9.10 Å². The van der Waals surface area contributed by atoms with Gasteiger partial charge in [-0.2, -0.15) is 0 Å². The average Bonchev–Trinajstić information content (AvgIpc) is 2.83. The Morgan fingerprint density at radius 1 is 1.00 bits per heavy atom. The summed E-state index contributed by atoms with van der Waals surface area (Å²) < 4.78 is 38.4. The molecule has 1 aliphatic rings. The zero-order chi connectivity index (χ0) is 23.4. The van der Waals surface area contributed by atoms with E-state index in [2.05, 4.69) is 5.32 Å². The summed E-state index contributed by atoms with van der Waals surface area (Å²) in [6, 6.07) is 21.9.